The van der Waals surface area contributed by atoms with Crippen molar-refractivity contribution in [3.63, 3.8) is 0 Å². The van der Waals surface area contributed by atoms with Crippen LogP contribution in [-0.4, -0.2) is 41.8 Å². The standard InChI is InChI=1S/C28H29Cl2N3O2/c1-28(2,34)19-35-24-12-13-26(25(30)16-24)33-15-14-32(17-20-4-10-23(31-3)11-5-20)18-27(33)21-6-8-22(29)9-7-21/h4-13,16,27,34H,14-15,17-19H2,1-2H3/t27-/m0/s1. The first-order valence-corrected chi connectivity index (χ1v) is 12.3. The van der Waals surface area contributed by atoms with E-state index in [1.807, 2.05) is 54.6 Å². The van der Waals surface area contributed by atoms with Gasteiger partial charge in [-0.05, 0) is 49.2 Å². The van der Waals surface area contributed by atoms with Crippen molar-refractivity contribution in [1.29, 1.82) is 0 Å². The number of benzene rings is 3. The molecule has 4 rings (SSSR count). The summed E-state index contributed by atoms with van der Waals surface area (Å²) in [5.74, 6) is 0.630. The van der Waals surface area contributed by atoms with Gasteiger partial charge in [-0.25, -0.2) is 4.85 Å². The number of rotatable bonds is 7. The average Bonchev–Trinajstić information content (AvgIpc) is 2.84. The van der Waals surface area contributed by atoms with Gasteiger partial charge in [0.25, 0.3) is 0 Å². The lowest BCUT2D eigenvalue weighted by Gasteiger charge is -2.43. The molecule has 1 fully saturated rings. The first kappa shape index (κ1) is 25.3. The van der Waals surface area contributed by atoms with E-state index in [4.69, 9.17) is 34.5 Å². The fraction of sp³-hybridized carbons (Fsp3) is 0.321. The molecule has 0 aromatic heterocycles. The molecule has 5 nitrogen and oxygen atoms in total. The fourth-order valence-corrected chi connectivity index (χ4v) is 4.65. The first-order chi connectivity index (χ1) is 16.7. The highest BCUT2D eigenvalue weighted by molar-refractivity contribution is 6.33. The topological polar surface area (TPSA) is 40.3 Å². The van der Waals surface area contributed by atoms with Crippen LogP contribution in [0.4, 0.5) is 11.4 Å². The number of anilines is 1. The Hall–Kier alpha value is -2.75. The van der Waals surface area contributed by atoms with Crippen LogP contribution in [-0.2, 0) is 6.54 Å². The molecule has 0 radical (unpaired) electrons. The highest BCUT2D eigenvalue weighted by Gasteiger charge is 2.30. The maximum absolute atomic E-state index is 9.95. The summed E-state index contributed by atoms with van der Waals surface area (Å²) in [5.41, 5.74) is 3.04. The second-order valence-electron chi connectivity index (χ2n) is 9.49. The molecule has 3 aromatic carbocycles. The van der Waals surface area contributed by atoms with Gasteiger partial charge in [0, 0.05) is 37.3 Å². The molecule has 0 bridgehead atoms. The summed E-state index contributed by atoms with van der Waals surface area (Å²) < 4.78 is 5.72. The van der Waals surface area contributed by atoms with Crippen LogP contribution in [0.5, 0.6) is 5.75 Å². The second kappa shape index (κ2) is 10.9. The number of nitrogens with zero attached hydrogens (tertiary/aromatic N) is 3. The molecule has 1 aliphatic heterocycles. The number of aliphatic hydroxyl groups is 1. The van der Waals surface area contributed by atoms with Gasteiger partial charge in [0.15, 0.2) is 5.69 Å². The molecular weight excluding hydrogens is 481 g/mol. The van der Waals surface area contributed by atoms with Crippen molar-refractivity contribution in [3.05, 3.63) is 99.3 Å². The molecule has 1 atom stereocenters. The Morgan fingerprint density at radius 2 is 1.74 bits per heavy atom. The van der Waals surface area contributed by atoms with E-state index >= 15 is 0 Å². The van der Waals surface area contributed by atoms with Crippen LogP contribution < -0.4 is 9.64 Å². The number of hydrogen-bond acceptors (Lipinski definition) is 4. The molecule has 0 spiro atoms. The van der Waals surface area contributed by atoms with E-state index in [0.29, 0.717) is 21.5 Å². The summed E-state index contributed by atoms with van der Waals surface area (Å²) in [6, 6.07) is 21.6. The van der Waals surface area contributed by atoms with Crippen molar-refractivity contribution < 1.29 is 9.84 Å². The van der Waals surface area contributed by atoms with Gasteiger partial charge in [0.2, 0.25) is 0 Å². The highest BCUT2D eigenvalue weighted by atomic mass is 35.5. The molecule has 1 N–H and O–H groups in total. The van der Waals surface area contributed by atoms with Crippen LogP contribution in [0.15, 0.2) is 66.7 Å². The van der Waals surface area contributed by atoms with Crippen LogP contribution in [0.1, 0.15) is 31.0 Å². The second-order valence-corrected chi connectivity index (χ2v) is 10.3. The number of piperazine rings is 1. The molecule has 182 valence electrons. The molecule has 0 amide bonds. The van der Waals surface area contributed by atoms with Crippen molar-refractivity contribution in [2.75, 3.05) is 31.1 Å². The molecule has 0 aliphatic carbocycles. The van der Waals surface area contributed by atoms with Crippen molar-refractivity contribution in [2.24, 2.45) is 0 Å². The molecule has 1 aliphatic rings. The summed E-state index contributed by atoms with van der Waals surface area (Å²) in [7, 11) is 0. The van der Waals surface area contributed by atoms with Crippen LogP contribution in [0.2, 0.25) is 10.0 Å². The Bertz CT molecular complexity index is 1180. The van der Waals surface area contributed by atoms with E-state index in [-0.39, 0.29) is 12.6 Å². The lowest BCUT2D eigenvalue weighted by atomic mass is 10.0. The molecule has 35 heavy (non-hydrogen) atoms. The third-order valence-electron chi connectivity index (χ3n) is 6.01. The van der Waals surface area contributed by atoms with Gasteiger partial charge in [-0.1, -0.05) is 59.6 Å². The highest BCUT2D eigenvalue weighted by Crippen LogP contribution is 2.37. The number of hydrogen-bond donors (Lipinski definition) is 1. The fourth-order valence-electron chi connectivity index (χ4n) is 4.25. The van der Waals surface area contributed by atoms with Gasteiger partial charge < -0.3 is 14.7 Å². The molecule has 0 saturated carbocycles. The molecule has 1 saturated heterocycles. The summed E-state index contributed by atoms with van der Waals surface area (Å²) >= 11 is 12.9. The Morgan fingerprint density at radius 3 is 2.37 bits per heavy atom. The van der Waals surface area contributed by atoms with Gasteiger partial charge in [-0.3, -0.25) is 4.90 Å². The third kappa shape index (κ3) is 6.68. The van der Waals surface area contributed by atoms with Gasteiger partial charge in [-0.2, -0.15) is 0 Å². The largest absolute Gasteiger partial charge is 0.491 e. The normalized spacial score (nSPS) is 16.7. The minimum atomic E-state index is -0.919. The smallest absolute Gasteiger partial charge is 0.187 e. The minimum absolute atomic E-state index is 0.0872. The molecule has 3 aromatic rings. The van der Waals surface area contributed by atoms with Gasteiger partial charge >= 0.3 is 0 Å². The van der Waals surface area contributed by atoms with Crippen LogP contribution in [0, 0.1) is 6.57 Å². The molecule has 1 heterocycles. The van der Waals surface area contributed by atoms with Crippen LogP contribution in [0.3, 0.4) is 0 Å². The quantitative estimate of drug-likeness (QED) is 0.357. The minimum Gasteiger partial charge on any atom is -0.491 e. The van der Waals surface area contributed by atoms with Gasteiger partial charge in [0.1, 0.15) is 12.4 Å². The van der Waals surface area contributed by atoms with Gasteiger partial charge in [0.05, 0.1) is 28.9 Å². The van der Waals surface area contributed by atoms with E-state index in [0.717, 1.165) is 31.9 Å². The number of halogens is 2. The maximum Gasteiger partial charge on any atom is 0.187 e. The molecular formula is C28H29Cl2N3O2. The zero-order valence-electron chi connectivity index (χ0n) is 19.9. The Kier molecular flexibility index (Phi) is 7.88. The summed E-state index contributed by atoms with van der Waals surface area (Å²) in [6.45, 7) is 14.1. The SMILES string of the molecule is [C-]#[N+]c1ccc(CN2CCN(c3ccc(OCC(C)(C)O)cc3Cl)[C@H](c3ccc(Cl)cc3)C2)cc1. The third-order valence-corrected chi connectivity index (χ3v) is 6.57. The van der Waals surface area contributed by atoms with Crippen molar-refractivity contribution >= 4 is 34.6 Å². The zero-order valence-corrected chi connectivity index (χ0v) is 21.4. The van der Waals surface area contributed by atoms with Crippen LogP contribution >= 0.6 is 23.2 Å². The molecule has 7 heteroatoms. The van der Waals surface area contributed by atoms with Gasteiger partial charge in [-0.15, -0.1) is 0 Å². The lowest BCUT2D eigenvalue weighted by Crippen LogP contribution is -2.48. The van der Waals surface area contributed by atoms with Crippen LogP contribution in [0.25, 0.3) is 4.85 Å². The van der Waals surface area contributed by atoms with E-state index in [2.05, 4.69) is 26.8 Å². The lowest BCUT2D eigenvalue weighted by molar-refractivity contribution is 0.0285. The predicted molar refractivity (Wildman–Crippen MR) is 143 cm³/mol. The van der Waals surface area contributed by atoms with Crippen molar-refractivity contribution in [1.82, 2.24) is 4.90 Å². The van der Waals surface area contributed by atoms with Crippen molar-refractivity contribution in [2.45, 2.75) is 32.0 Å². The summed E-state index contributed by atoms with van der Waals surface area (Å²) in [4.78, 5) is 8.25. The maximum atomic E-state index is 9.95. The Morgan fingerprint density at radius 1 is 1.03 bits per heavy atom. The number of ether oxygens (including phenoxy) is 1. The van der Waals surface area contributed by atoms with Crippen molar-refractivity contribution in [3.8, 4) is 5.75 Å². The summed E-state index contributed by atoms with van der Waals surface area (Å²) in [6.07, 6.45) is 0. The average molecular weight is 510 g/mol. The van der Waals surface area contributed by atoms with E-state index in [9.17, 15) is 5.11 Å². The monoisotopic (exact) mass is 509 g/mol. The predicted octanol–water partition coefficient (Wildman–Crippen LogP) is 6.76. The van der Waals surface area contributed by atoms with E-state index in [1.165, 1.54) is 11.1 Å². The zero-order chi connectivity index (χ0) is 25.0. The Labute approximate surface area is 217 Å². The Balaban J connectivity index is 1.56. The molecule has 0 unspecified atom stereocenters. The van der Waals surface area contributed by atoms with E-state index in [1.54, 1.807) is 13.8 Å². The van der Waals surface area contributed by atoms with E-state index < -0.39 is 5.60 Å². The summed E-state index contributed by atoms with van der Waals surface area (Å²) in [5, 5.41) is 11.3. The first-order valence-electron chi connectivity index (χ1n) is 11.6.